The lowest BCUT2D eigenvalue weighted by Gasteiger charge is -2.22. The van der Waals surface area contributed by atoms with Crippen molar-refractivity contribution in [2.75, 3.05) is 13.1 Å². The molecule has 3 aromatic rings. The van der Waals surface area contributed by atoms with E-state index in [0.717, 1.165) is 12.2 Å². The highest BCUT2D eigenvalue weighted by Crippen LogP contribution is 2.26. The first kappa shape index (κ1) is 14.2. The lowest BCUT2D eigenvalue weighted by atomic mass is 10.0. The second-order valence-corrected chi connectivity index (χ2v) is 5.95. The fourth-order valence-electron chi connectivity index (χ4n) is 2.97. The van der Waals surface area contributed by atoms with Gasteiger partial charge in [0.15, 0.2) is 5.76 Å². The van der Waals surface area contributed by atoms with Crippen LogP contribution in [0.2, 0.25) is 0 Å². The summed E-state index contributed by atoms with van der Waals surface area (Å²) in [6.45, 7) is 2.44. The first-order valence-electron chi connectivity index (χ1n) is 7.49. The Hall–Kier alpha value is -2.45. The first-order valence-corrected chi connectivity index (χ1v) is 7.49. The lowest BCUT2D eigenvalue weighted by Crippen LogP contribution is -2.37. The summed E-state index contributed by atoms with van der Waals surface area (Å²) in [5.41, 5.74) is 0.0303. The van der Waals surface area contributed by atoms with E-state index < -0.39 is 5.60 Å². The highest BCUT2D eigenvalue weighted by molar-refractivity contribution is 5.49. The monoisotopic (exact) mass is 315 g/mol. The van der Waals surface area contributed by atoms with E-state index in [1.165, 1.54) is 0 Å². The van der Waals surface area contributed by atoms with E-state index in [1.807, 2.05) is 18.2 Å². The van der Waals surface area contributed by atoms with Crippen molar-refractivity contribution >= 4 is 0 Å². The predicted octanol–water partition coefficient (Wildman–Crippen LogP) is 1.16. The summed E-state index contributed by atoms with van der Waals surface area (Å²) in [6, 6.07) is 5.51. The van der Waals surface area contributed by atoms with Crippen molar-refractivity contribution in [1.29, 1.82) is 0 Å². The quantitative estimate of drug-likeness (QED) is 0.755. The summed E-state index contributed by atoms with van der Waals surface area (Å²) < 4.78 is 12.3. The maximum absolute atomic E-state index is 10.7. The van der Waals surface area contributed by atoms with E-state index >= 15 is 0 Å². The van der Waals surface area contributed by atoms with Gasteiger partial charge in [0.2, 0.25) is 5.76 Å². The van der Waals surface area contributed by atoms with Crippen molar-refractivity contribution in [2.45, 2.75) is 25.1 Å². The number of aromatic nitrogens is 4. The Morgan fingerprint density at radius 3 is 3.09 bits per heavy atom. The van der Waals surface area contributed by atoms with E-state index in [-0.39, 0.29) is 0 Å². The Labute approximate surface area is 132 Å². The minimum absolute atomic E-state index is 0.444. The molecule has 23 heavy (non-hydrogen) atoms. The van der Waals surface area contributed by atoms with Gasteiger partial charge in [-0.3, -0.25) is 4.90 Å². The van der Waals surface area contributed by atoms with Gasteiger partial charge in [0.05, 0.1) is 30.3 Å². The molecule has 8 nitrogen and oxygen atoms in total. The Balaban J connectivity index is 1.39. The predicted molar refractivity (Wildman–Crippen MR) is 79.1 cm³/mol. The third-order valence-corrected chi connectivity index (χ3v) is 4.05. The second kappa shape index (κ2) is 5.64. The van der Waals surface area contributed by atoms with Gasteiger partial charge in [0.25, 0.3) is 0 Å². The molecule has 4 heterocycles. The Bertz CT molecular complexity index is 752. The van der Waals surface area contributed by atoms with Crippen LogP contribution in [-0.4, -0.2) is 48.8 Å². The zero-order valence-corrected chi connectivity index (χ0v) is 12.5. The molecular weight excluding hydrogens is 298 g/mol. The minimum Gasteiger partial charge on any atom is -0.461 e. The molecule has 0 aliphatic carbocycles. The van der Waals surface area contributed by atoms with E-state index in [4.69, 9.17) is 8.94 Å². The standard InChI is InChI=1S/C15H17N5O3/c21-15(11-20-6-4-16-18-20)3-5-19(10-15)9-12-8-14(23-17-12)13-2-1-7-22-13/h1-2,4,6-8,21H,3,5,9-11H2. The average Bonchev–Trinajstić information content (AvgIpc) is 3.27. The molecule has 1 unspecified atom stereocenters. The van der Waals surface area contributed by atoms with Crippen molar-refractivity contribution in [3.8, 4) is 11.5 Å². The molecular formula is C15H17N5O3. The van der Waals surface area contributed by atoms with E-state index in [2.05, 4.69) is 20.4 Å². The Kier molecular flexibility index (Phi) is 3.47. The van der Waals surface area contributed by atoms with Crippen LogP contribution in [0.15, 0.2) is 45.8 Å². The van der Waals surface area contributed by atoms with Crippen molar-refractivity contribution in [3.05, 3.63) is 42.5 Å². The smallest absolute Gasteiger partial charge is 0.202 e. The van der Waals surface area contributed by atoms with Crippen molar-refractivity contribution in [2.24, 2.45) is 0 Å². The topological polar surface area (TPSA) is 93.3 Å². The fourth-order valence-corrected chi connectivity index (χ4v) is 2.97. The molecule has 0 aromatic carbocycles. The number of nitrogens with zero attached hydrogens (tertiary/aromatic N) is 5. The molecule has 0 spiro atoms. The van der Waals surface area contributed by atoms with Crippen LogP contribution in [0.4, 0.5) is 0 Å². The van der Waals surface area contributed by atoms with Crippen LogP contribution in [0.25, 0.3) is 11.5 Å². The zero-order chi connectivity index (χ0) is 15.7. The largest absolute Gasteiger partial charge is 0.461 e. The van der Waals surface area contributed by atoms with Gasteiger partial charge in [0, 0.05) is 31.9 Å². The van der Waals surface area contributed by atoms with Crippen LogP contribution >= 0.6 is 0 Å². The van der Waals surface area contributed by atoms with Gasteiger partial charge in [-0.05, 0) is 18.6 Å². The van der Waals surface area contributed by atoms with E-state index in [1.54, 1.807) is 23.3 Å². The third-order valence-electron chi connectivity index (χ3n) is 4.05. The van der Waals surface area contributed by atoms with Crippen molar-refractivity contribution < 1.29 is 14.0 Å². The maximum Gasteiger partial charge on any atom is 0.202 e. The molecule has 1 atom stereocenters. The van der Waals surface area contributed by atoms with E-state index in [0.29, 0.717) is 37.6 Å². The number of aliphatic hydroxyl groups is 1. The van der Waals surface area contributed by atoms with Gasteiger partial charge in [-0.2, -0.15) is 0 Å². The number of β-amino-alcohol motifs (C(OH)–C–C–N with tert-alkyl or cyclic N) is 1. The van der Waals surface area contributed by atoms with Crippen LogP contribution in [0, 0.1) is 0 Å². The number of likely N-dealkylation sites (tertiary alicyclic amines) is 1. The molecule has 8 heteroatoms. The molecule has 1 saturated heterocycles. The molecule has 0 amide bonds. The first-order chi connectivity index (χ1) is 11.2. The third kappa shape index (κ3) is 3.03. The number of hydrogen-bond donors (Lipinski definition) is 1. The van der Waals surface area contributed by atoms with Crippen LogP contribution < -0.4 is 0 Å². The van der Waals surface area contributed by atoms with Crippen LogP contribution in [-0.2, 0) is 13.1 Å². The van der Waals surface area contributed by atoms with Crippen LogP contribution in [0.3, 0.4) is 0 Å². The molecule has 1 fully saturated rings. The molecule has 3 aromatic heterocycles. The highest BCUT2D eigenvalue weighted by atomic mass is 16.5. The summed E-state index contributed by atoms with van der Waals surface area (Å²) in [5, 5.41) is 22.4. The van der Waals surface area contributed by atoms with Gasteiger partial charge in [-0.25, -0.2) is 4.68 Å². The van der Waals surface area contributed by atoms with Gasteiger partial charge in [0.1, 0.15) is 0 Å². The van der Waals surface area contributed by atoms with E-state index in [9.17, 15) is 5.11 Å². The fraction of sp³-hybridized carbons (Fsp3) is 0.400. The van der Waals surface area contributed by atoms with Crippen molar-refractivity contribution in [1.82, 2.24) is 25.1 Å². The van der Waals surface area contributed by atoms with Gasteiger partial charge < -0.3 is 14.0 Å². The minimum atomic E-state index is -0.790. The SMILES string of the molecule is OC1(Cn2ccnn2)CCN(Cc2cc(-c3ccco3)on2)C1. The summed E-state index contributed by atoms with van der Waals surface area (Å²) in [4.78, 5) is 2.15. The second-order valence-electron chi connectivity index (χ2n) is 5.95. The lowest BCUT2D eigenvalue weighted by molar-refractivity contribution is 0.0272. The molecule has 1 aliphatic rings. The number of hydrogen-bond acceptors (Lipinski definition) is 7. The molecule has 0 bridgehead atoms. The molecule has 120 valence electrons. The van der Waals surface area contributed by atoms with Gasteiger partial charge in [-0.15, -0.1) is 5.10 Å². The normalized spacial score (nSPS) is 22.0. The Morgan fingerprint density at radius 2 is 2.30 bits per heavy atom. The maximum atomic E-state index is 10.7. The zero-order valence-electron chi connectivity index (χ0n) is 12.5. The van der Waals surface area contributed by atoms with Crippen LogP contribution in [0.1, 0.15) is 12.1 Å². The molecule has 4 rings (SSSR count). The molecule has 0 radical (unpaired) electrons. The summed E-state index contributed by atoms with van der Waals surface area (Å²) in [5.74, 6) is 1.27. The number of rotatable bonds is 5. The van der Waals surface area contributed by atoms with Crippen molar-refractivity contribution in [3.63, 3.8) is 0 Å². The van der Waals surface area contributed by atoms with Gasteiger partial charge >= 0.3 is 0 Å². The average molecular weight is 315 g/mol. The summed E-state index contributed by atoms with van der Waals surface area (Å²) >= 11 is 0. The highest BCUT2D eigenvalue weighted by Gasteiger charge is 2.37. The van der Waals surface area contributed by atoms with Crippen LogP contribution in [0.5, 0.6) is 0 Å². The number of furan rings is 1. The molecule has 1 N–H and O–H groups in total. The molecule has 0 saturated carbocycles. The summed E-state index contributed by atoms with van der Waals surface area (Å²) in [6.07, 6.45) is 5.66. The Morgan fingerprint density at radius 1 is 1.35 bits per heavy atom. The summed E-state index contributed by atoms with van der Waals surface area (Å²) in [7, 11) is 0. The molecule has 1 aliphatic heterocycles. The van der Waals surface area contributed by atoms with Gasteiger partial charge in [-0.1, -0.05) is 10.4 Å².